The van der Waals surface area contributed by atoms with Crippen molar-refractivity contribution >= 4 is 34.9 Å². The Balaban J connectivity index is 1.80. The van der Waals surface area contributed by atoms with Crippen LogP contribution in [0.5, 0.6) is 0 Å². The van der Waals surface area contributed by atoms with Gasteiger partial charge in [-0.3, -0.25) is 4.79 Å². The van der Waals surface area contributed by atoms with E-state index in [2.05, 4.69) is 20.6 Å². The molecule has 3 aromatic rings. The van der Waals surface area contributed by atoms with E-state index in [9.17, 15) is 9.90 Å². The van der Waals surface area contributed by atoms with E-state index in [0.717, 1.165) is 0 Å². The summed E-state index contributed by atoms with van der Waals surface area (Å²) in [5.74, 6) is 0.124. The maximum Gasteiger partial charge on any atom is 0.268 e. The van der Waals surface area contributed by atoms with Crippen molar-refractivity contribution in [3.63, 3.8) is 0 Å². The van der Waals surface area contributed by atoms with E-state index < -0.39 is 12.1 Å². The second-order valence-corrected chi connectivity index (χ2v) is 7.58. The predicted octanol–water partition coefficient (Wildman–Crippen LogP) is 4.67. The van der Waals surface area contributed by atoms with E-state index in [1.54, 1.807) is 56.4 Å². The molecule has 8 heteroatoms. The third kappa shape index (κ3) is 5.29. The Morgan fingerprint density at radius 2 is 2.10 bits per heavy atom. The van der Waals surface area contributed by atoms with Crippen LogP contribution in [0.15, 0.2) is 48.8 Å². The lowest BCUT2D eigenvalue weighted by Crippen LogP contribution is -2.31. The summed E-state index contributed by atoms with van der Waals surface area (Å²) >= 11 is 12.3. The first-order chi connectivity index (χ1) is 14.2. The SMILES string of the molecule is [2H]C(C)(C)Nc1cc(-c2c[nH]c(C(=O)N[C@H](CO)c3cccc(Cl)c3)c2)c(Cl)cn1. The molecule has 0 saturated carbocycles. The molecule has 6 nitrogen and oxygen atoms in total. The van der Waals surface area contributed by atoms with Gasteiger partial charge in [0, 0.05) is 34.6 Å². The van der Waals surface area contributed by atoms with Gasteiger partial charge in [0.2, 0.25) is 0 Å². The summed E-state index contributed by atoms with van der Waals surface area (Å²) in [7, 11) is 0. The molecule has 0 spiro atoms. The molecule has 0 aliphatic heterocycles. The Morgan fingerprint density at radius 1 is 1.31 bits per heavy atom. The van der Waals surface area contributed by atoms with Crippen LogP contribution in [-0.4, -0.2) is 33.6 Å². The van der Waals surface area contributed by atoms with Crippen molar-refractivity contribution in [2.45, 2.75) is 25.9 Å². The number of nitrogens with one attached hydrogen (secondary N) is 3. The van der Waals surface area contributed by atoms with E-state index in [1.807, 2.05) is 0 Å². The van der Waals surface area contributed by atoms with Gasteiger partial charge >= 0.3 is 0 Å². The van der Waals surface area contributed by atoms with Crippen LogP contribution in [0.3, 0.4) is 0 Å². The highest BCUT2D eigenvalue weighted by Crippen LogP contribution is 2.30. The maximum atomic E-state index is 12.7. The smallest absolute Gasteiger partial charge is 0.268 e. The topological polar surface area (TPSA) is 90.0 Å². The molecule has 4 N–H and O–H groups in total. The molecule has 3 rings (SSSR count). The van der Waals surface area contributed by atoms with Crippen LogP contribution >= 0.6 is 23.2 Å². The molecule has 0 fully saturated rings. The summed E-state index contributed by atoms with van der Waals surface area (Å²) < 4.78 is 7.95. The van der Waals surface area contributed by atoms with Crippen molar-refractivity contribution in [3.05, 3.63) is 70.1 Å². The molecule has 0 saturated heterocycles. The van der Waals surface area contributed by atoms with Gasteiger partial charge in [0.05, 0.1) is 19.0 Å². The number of carbonyl (C=O) groups excluding carboxylic acids is 1. The summed E-state index contributed by atoms with van der Waals surface area (Å²) in [6.07, 6.45) is 3.16. The van der Waals surface area contributed by atoms with Crippen LogP contribution in [0.4, 0.5) is 5.82 Å². The quantitative estimate of drug-likeness (QED) is 0.435. The van der Waals surface area contributed by atoms with Gasteiger partial charge in [0.1, 0.15) is 11.5 Å². The lowest BCUT2D eigenvalue weighted by atomic mass is 10.1. The first-order valence-corrected chi connectivity index (χ1v) is 9.71. The molecule has 2 aromatic heterocycles. The van der Waals surface area contributed by atoms with Crippen molar-refractivity contribution in [3.8, 4) is 11.1 Å². The van der Waals surface area contributed by atoms with Gasteiger partial charge in [0.15, 0.2) is 0 Å². The third-order valence-corrected chi connectivity index (χ3v) is 4.75. The minimum absolute atomic E-state index is 0.270. The molecule has 29 heavy (non-hydrogen) atoms. The first kappa shape index (κ1) is 19.8. The molecule has 152 valence electrons. The number of aromatic nitrogens is 2. The molecule has 0 bridgehead atoms. The predicted molar refractivity (Wildman–Crippen MR) is 117 cm³/mol. The molecule has 1 aromatic carbocycles. The number of halogens is 2. The van der Waals surface area contributed by atoms with Crippen molar-refractivity contribution in [2.24, 2.45) is 0 Å². The second kappa shape index (κ2) is 9.31. The molecule has 1 amide bonds. The van der Waals surface area contributed by atoms with E-state index in [-0.39, 0.29) is 12.5 Å². The van der Waals surface area contributed by atoms with Crippen LogP contribution in [-0.2, 0) is 0 Å². The number of benzene rings is 1. The lowest BCUT2D eigenvalue weighted by molar-refractivity contribution is 0.0912. The highest BCUT2D eigenvalue weighted by molar-refractivity contribution is 6.33. The van der Waals surface area contributed by atoms with E-state index in [1.165, 1.54) is 6.20 Å². The minimum atomic E-state index is -0.902. The van der Waals surface area contributed by atoms with Crippen molar-refractivity contribution in [1.29, 1.82) is 0 Å². The summed E-state index contributed by atoms with van der Waals surface area (Å²) in [6.45, 7) is 3.14. The number of amides is 1. The van der Waals surface area contributed by atoms with Gasteiger partial charge in [-0.05, 0) is 43.7 Å². The van der Waals surface area contributed by atoms with Crippen LogP contribution < -0.4 is 10.6 Å². The number of aliphatic hydroxyl groups excluding tert-OH is 1. The Labute approximate surface area is 180 Å². The zero-order valence-corrected chi connectivity index (χ0v) is 17.5. The molecule has 1 atom stereocenters. The second-order valence-electron chi connectivity index (χ2n) is 6.74. The average molecular weight is 434 g/mol. The van der Waals surface area contributed by atoms with Crippen LogP contribution in [0.25, 0.3) is 11.1 Å². The van der Waals surface area contributed by atoms with Crippen molar-refractivity contribution < 1.29 is 11.3 Å². The molecule has 0 radical (unpaired) electrons. The molecule has 0 unspecified atom stereocenters. The fourth-order valence-electron chi connectivity index (χ4n) is 2.86. The third-order valence-electron chi connectivity index (χ3n) is 4.21. The fraction of sp³-hybridized carbons (Fsp3) is 0.238. The number of hydrogen-bond donors (Lipinski definition) is 4. The summed E-state index contributed by atoms with van der Waals surface area (Å²) in [5, 5.41) is 16.4. The molecule has 2 heterocycles. The fourth-order valence-corrected chi connectivity index (χ4v) is 3.27. The van der Waals surface area contributed by atoms with Crippen LogP contribution in [0.2, 0.25) is 10.0 Å². The number of carbonyl (C=O) groups is 1. The Hall–Kier alpha value is -2.54. The molecular formula is C21H22Cl2N4O2. The van der Waals surface area contributed by atoms with Gasteiger partial charge < -0.3 is 20.7 Å². The molecule has 0 aliphatic carbocycles. The summed E-state index contributed by atoms with van der Waals surface area (Å²) in [5.41, 5.74) is 2.38. The number of H-pyrrole nitrogens is 1. The molecule has 0 aliphatic rings. The number of aromatic amines is 1. The van der Waals surface area contributed by atoms with Crippen LogP contribution in [0.1, 0.15) is 37.3 Å². The standard InChI is InChI=1S/C21H22Cl2N4O2/c1-12(2)26-20-8-16(17(23)10-25-20)14-7-18(24-9-14)21(29)27-19(11-28)13-4-3-5-15(22)6-13/h3-10,12,19,24,28H,11H2,1-2H3,(H,25,26)(H,27,29)/t19-/m1/s1/i12D. The molecular weight excluding hydrogens is 411 g/mol. The highest BCUT2D eigenvalue weighted by Gasteiger charge is 2.18. The Bertz CT molecular complexity index is 1050. The van der Waals surface area contributed by atoms with Gasteiger partial charge in [-0.15, -0.1) is 0 Å². The van der Waals surface area contributed by atoms with E-state index >= 15 is 0 Å². The highest BCUT2D eigenvalue weighted by atomic mass is 35.5. The Kier molecular flexibility index (Phi) is 6.34. The van der Waals surface area contributed by atoms with Gasteiger partial charge in [-0.25, -0.2) is 4.98 Å². The number of hydrogen-bond acceptors (Lipinski definition) is 4. The number of nitrogens with zero attached hydrogens (tertiary/aromatic N) is 1. The van der Waals surface area contributed by atoms with Crippen molar-refractivity contribution in [2.75, 3.05) is 11.9 Å². The summed E-state index contributed by atoms with van der Waals surface area (Å²) in [4.78, 5) is 19.8. The monoisotopic (exact) mass is 433 g/mol. The number of pyridine rings is 1. The Morgan fingerprint density at radius 3 is 2.79 bits per heavy atom. The lowest BCUT2D eigenvalue weighted by Gasteiger charge is -2.16. The van der Waals surface area contributed by atoms with E-state index in [0.29, 0.717) is 38.2 Å². The normalized spacial score (nSPS) is 12.9. The number of rotatable bonds is 7. The average Bonchev–Trinajstić information content (AvgIpc) is 3.16. The maximum absolute atomic E-state index is 12.7. The van der Waals surface area contributed by atoms with Gasteiger partial charge in [-0.2, -0.15) is 0 Å². The number of aliphatic hydroxyl groups is 1. The largest absolute Gasteiger partial charge is 0.394 e. The van der Waals surface area contributed by atoms with Crippen molar-refractivity contribution in [1.82, 2.24) is 15.3 Å². The zero-order chi connectivity index (χ0) is 21.9. The van der Waals surface area contributed by atoms with Crippen LogP contribution in [0, 0.1) is 0 Å². The minimum Gasteiger partial charge on any atom is -0.394 e. The number of anilines is 1. The van der Waals surface area contributed by atoms with Gasteiger partial charge in [-0.1, -0.05) is 35.3 Å². The zero-order valence-electron chi connectivity index (χ0n) is 17.0. The summed E-state index contributed by atoms with van der Waals surface area (Å²) in [6, 6.07) is 8.86. The van der Waals surface area contributed by atoms with Gasteiger partial charge in [0.25, 0.3) is 5.91 Å². The first-order valence-electron chi connectivity index (χ1n) is 9.46. The van der Waals surface area contributed by atoms with E-state index in [4.69, 9.17) is 24.6 Å².